The van der Waals surface area contributed by atoms with Gasteiger partial charge in [-0.2, -0.15) is 36.5 Å². The summed E-state index contributed by atoms with van der Waals surface area (Å²) in [5, 5.41) is 13.0. The molecular formula is C26H28F8N8O2. The first-order valence-corrected chi connectivity index (χ1v) is 13.9. The van der Waals surface area contributed by atoms with Crippen LogP contribution < -0.4 is 10.6 Å². The molecule has 10 nitrogen and oxygen atoms in total. The summed E-state index contributed by atoms with van der Waals surface area (Å²) in [5.74, 6) is -5.84. The van der Waals surface area contributed by atoms with Crippen molar-refractivity contribution in [2.75, 3.05) is 0 Å². The smallest absolute Gasteiger partial charge is 0.349 e. The maximum absolute atomic E-state index is 14.0. The van der Waals surface area contributed by atoms with E-state index in [4.69, 9.17) is 0 Å². The Kier molecular flexibility index (Phi) is 8.54. The number of alkyl halides is 8. The van der Waals surface area contributed by atoms with Crippen molar-refractivity contribution < 1.29 is 44.7 Å². The second-order valence-electron chi connectivity index (χ2n) is 11.3. The van der Waals surface area contributed by atoms with E-state index in [1.807, 2.05) is 0 Å². The number of hydrogen-bond donors (Lipinski definition) is 2. The van der Waals surface area contributed by atoms with Crippen LogP contribution in [-0.4, -0.2) is 59.5 Å². The molecule has 0 spiro atoms. The minimum Gasteiger partial charge on any atom is -0.349 e. The van der Waals surface area contributed by atoms with E-state index in [0.29, 0.717) is 10.2 Å². The summed E-state index contributed by atoms with van der Waals surface area (Å²) in [4.78, 5) is 33.6. The van der Waals surface area contributed by atoms with Gasteiger partial charge in [-0.1, -0.05) is 0 Å². The molecule has 44 heavy (non-hydrogen) atoms. The molecule has 2 aliphatic rings. The van der Waals surface area contributed by atoms with Crippen molar-refractivity contribution in [1.82, 2.24) is 40.0 Å². The van der Waals surface area contributed by atoms with E-state index < -0.39 is 86.1 Å². The second-order valence-corrected chi connectivity index (χ2v) is 11.3. The van der Waals surface area contributed by atoms with E-state index >= 15 is 0 Å². The number of hydrogen-bond acceptors (Lipinski definition) is 6. The third-order valence-electron chi connectivity index (χ3n) is 7.75. The number of halogens is 8. The van der Waals surface area contributed by atoms with Gasteiger partial charge in [0.2, 0.25) is 17.7 Å². The van der Waals surface area contributed by atoms with Crippen LogP contribution in [0.1, 0.15) is 85.3 Å². The fourth-order valence-electron chi connectivity index (χ4n) is 5.39. The van der Waals surface area contributed by atoms with Crippen molar-refractivity contribution in [3.8, 4) is 0 Å². The SMILES string of the molecule is O=C(CCC(F)(F)F)N[C@@H](c1cnn2cc([C@@H](NC(=O)c3ncnn3CC(F)(F)F)C3CCC(F)(F)CC3)nc2c1)C1CC1. The molecule has 2 atom stereocenters. The summed E-state index contributed by atoms with van der Waals surface area (Å²) in [6, 6.07) is -0.0252. The van der Waals surface area contributed by atoms with Crippen molar-refractivity contribution in [2.45, 2.75) is 88.3 Å². The Morgan fingerprint density at radius 1 is 0.955 bits per heavy atom. The summed E-state index contributed by atoms with van der Waals surface area (Å²) in [6.07, 6.45) is -6.91. The van der Waals surface area contributed by atoms with Crippen LogP contribution in [0.15, 0.2) is 24.8 Å². The molecule has 2 fully saturated rings. The lowest BCUT2D eigenvalue weighted by atomic mass is 9.81. The second kappa shape index (κ2) is 11.9. The Morgan fingerprint density at radius 2 is 1.64 bits per heavy atom. The molecule has 3 aromatic rings. The number of carbonyl (C=O) groups is 2. The van der Waals surface area contributed by atoms with Crippen LogP contribution >= 0.6 is 0 Å². The Morgan fingerprint density at radius 3 is 2.27 bits per heavy atom. The summed E-state index contributed by atoms with van der Waals surface area (Å²) >= 11 is 0. The maximum atomic E-state index is 14.0. The maximum Gasteiger partial charge on any atom is 0.408 e. The minimum atomic E-state index is -4.68. The van der Waals surface area contributed by atoms with Crippen molar-refractivity contribution in [1.29, 1.82) is 0 Å². The van der Waals surface area contributed by atoms with E-state index in [-0.39, 0.29) is 30.1 Å². The molecule has 3 heterocycles. The highest BCUT2D eigenvalue weighted by Crippen LogP contribution is 2.43. The van der Waals surface area contributed by atoms with Gasteiger partial charge in [-0.15, -0.1) is 0 Å². The van der Waals surface area contributed by atoms with Crippen LogP contribution in [0, 0.1) is 11.8 Å². The third-order valence-corrected chi connectivity index (χ3v) is 7.75. The van der Waals surface area contributed by atoms with Gasteiger partial charge in [-0.25, -0.2) is 27.9 Å². The van der Waals surface area contributed by atoms with Gasteiger partial charge in [-0.05, 0) is 49.1 Å². The van der Waals surface area contributed by atoms with Gasteiger partial charge in [0.1, 0.15) is 12.9 Å². The molecule has 3 aromatic heterocycles. The molecule has 0 bridgehead atoms. The van der Waals surface area contributed by atoms with Gasteiger partial charge in [0.15, 0.2) is 5.65 Å². The molecule has 240 valence electrons. The summed E-state index contributed by atoms with van der Waals surface area (Å²) in [6.45, 7) is -1.56. The number of rotatable bonds is 10. The highest BCUT2D eigenvalue weighted by molar-refractivity contribution is 5.90. The van der Waals surface area contributed by atoms with Gasteiger partial charge >= 0.3 is 12.4 Å². The van der Waals surface area contributed by atoms with Crippen molar-refractivity contribution >= 4 is 17.5 Å². The van der Waals surface area contributed by atoms with Crippen LogP contribution in [-0.2, 0) is 11.3 Å². The van der Waals surface area contributed by atoms with E-state index in [0.717, 1.165) is 19.2 Å². The molecule has 0 saturated heterocycles. The van der Waals surface area contributed by atoms with E-state index in [2.05, 4.69) is 30.8 Å². The predicted octanol–water partition coefficient (Wildman–Crippen LogP) is 5.09. The lowest BCUT2D eigenvalue weighted by molar-refractivity contribution is -0.144. The predicted molar refractivity (Wildman–Crippen MR) is 135 cm³/mol. The molecule has 0 aliphatic heterocycles. The van der Waals surface area contributed by atoms with Crippen LogP contribution in [0.4, 0.5) is 35.1 Å². The zero-order valence-electron chi connectivity index (χ0n) is 23.0. The van der Waals surface area contributed by atoms with Crippen LogP contribution in [0.5, 0.6) is 0 Å². The Balaban J connectivity index is 1.40. The minimum absolute atomic E-state index is 0.00601. The summed E-state index contributed by atoms with van der Waals surface area (Å²) in [5.41, 5.74) is 0.946. The first kappa shape index (κ1) is 31.6. The number of fused-ring (bicyclic) bond motifs is 1. The Labute approximate surface area is 244 Å². The number of carbonyl (C=O) groups excluding carboxylic acids is 2. The molecule has 0 unspecified atom stereocenters. The standard InChI is InChI=1S/C26H28F8N8O2/c27-24(28)6-3-15(4-7-24)21(40-23(44)22-35-13-37-42(22)12-26(32,33)34)17-11-41-18(38-17)9-16(10-36-41)20(14-1-2-14)39-19(43)5-8-25(29,30)31/h9-11,13-15,20-21H,1-8,12H2,(H,39,43)(H,40,44)/t20-,21+/m1/s1. The molecule has 5 rings (SSSR count). The van der Waals surface area contributed by atoms with Crippen molar-refractivity contribution in [3.05, 3.63) is 41.9 Å². The number of nitrogens with one attached hydrogen (secondary N) is 2. The molecule has 2 saturated carbocycles. The largest absolute Gasteiger partial charge is 0.408 e. The Hall–Kier alpha value is -3.86. The molecular weight excluding hydrogens is 608 g/mol. The van der Waals surface area contributed by atoms with Gasteiger partial charge < -0.3 is 10.6 Å². The van der Waals surface area contributed by atoms with Gasteiger partial charge in [0.25, 0.3) is 5.91 Å². The number of aromatic nitrogens is 6. The quantitative estimate of drug-likeness (QED) is 0.300. The molecule has 0 aromatic carbocycles. The van der Waals surface area contributed by atoms with Gasteiger partial charge in [0.05, 0.1) is 36.6 Å². The summed E-state index contributed by atoms with van der Waals surface area (Å²) < 4.78 is 106. The number of nitrogens with zero attached hydrogens (tertiary/aromatic N) is 6. The molecule has 0 radical (unpaired) electrons. The topological polar surface area (TPSA) is 119 Å². The Bertz CT molecular complexity index is 1490. The highest BCUT2D eigenvalue weighted by atomic mass is 19.4. The first-order chi connectivity index (χ1) is 20.6. The zero-order chi connectivity index (χ0) is 31.9. The average Bonchev–Trinajstić information content (AvgIpc) is 3.51. The van der Waals surface area contributed by atoms with Crippen LogP contribution in [0.3, 0.4) is 0 Å². The van der Waals surface area contributed by atoms with E-state index in [1.54, 1.807) is 6.07 Å². The molecule has 18 heteroatoms. The van der Waals surface area contributed by atoms with Gasteiger partial charge in [0, 0.05) is 19.3 Å². The monoisotopic (exact) mass is 636 g/mol. The zero-order valence-corrected chi connectivity index (χ0v) is 23.0. The fraction of sp³-hybridized carbons (Fsp3) is 0.615. The normalized spacial score (nSPS) is 19.1. The van der Waals surface area contributed by atoms with Crippen LogP contribution in [0.25, 0.3) is 5.65 Å². The molecule has 2 N–H and O–H groups in total. The molecule has 2 amide bonds. The van der Waals surface area contributed by atoms with E-state index in [1.165, 1.54) is 16.9 Å². The highest BCUT2D eigenvalue weighted by Gasteiger charge is 2.40. The molecule has 2 aliphatic carbocycles. The lowest BCUT2D eigenvalue weighted by Gasteiger charge is -2.33. The number of amides is 2. The van der Waals surface area contributed by atoms with Crippen molar-refractivity contribution in [3.63, 3.8) is 0 Å². The fourth-order valence-corrected chi connectivity index (χ4v) is 5.39. The van der Waals surface area contributed by atoms with Gasteiger partial charge in [-0.3, -0.25) is 9.59 Å². The van der Waals surface area contributed by atoms with Crippen molar-refractivity contribution in [2.24, 2.45) is 11.8 Å². The van der Waals surface area contributed by atoms with Crippen LogP contribution in [0.2, 0.25) is 0 Å². The summed E-state index contributed by atoms with van der Waals surface area (Å²) in [7, 11) is 0. The number of imidazole rings is 1. The van der Waals surface area contributed by atoms with E-state index in [9.17, 15) is 44.7 Å². The average molecular weight is 637 g/mol. The first-order valence-electron chi connectivity index (χ1n) is 13.9. The third kappa shape index (κ3) is 7.99. The lowest BCUT2D eigenvalue weighted by Crippen LogP contribution is -2.38.